The van der Waals surface area contributed by atoms with E-state index in [1.54, 1.807) is 0 Å². The van der Waals surface area contributed by atoms with Crippen LogP contribution < -0.4 is 9.47 Å². The Kier molecular flexibility index (Phi) is 7.51. The van der Waals surface area contributed by atoms with E-state index in [-0.39, 0.29) is 16.7 Å². The van der Waals surface area contributed by atoms with E-state index < -0.39 is 0 Å². The van der Waals surface area contributed by atoms with E-state index >= 15 is 0 Å². The fourth-order valence-corrected chi connectivity index (χ4v) is 2.76. The molecule has 2 aromatic carbocycles. The van der Waals surface area contributed by atoms with Crippen LogP contribution in [0.25, 0.3) is 11.1 Å². The van der Waals surface area contributed by atoms with Gasteiger partial charge in [-0.25, -0.2) is 0 Å². The number of benzene rings is 2. The highest BCUT2D eigenvalue weighted by Crippen LogP contribution is 2.26. The molecule has 0 bridgehead atoms. The molecule has 0 saturated heterocycles. The van der Waals surface area contributed by atoms with Gasteiger partial charge >= 0.3 is 5.97 Å². The molecular formula is C21H25BrO3. The van der Waals surface area contributed by atoms with Crippen LogP contribution in [-0.4, -0.2) is 17.4 Å². The van der Waals surface area contributed by atoms with Crippen molar-refractivity contribution in [2.24, 2.45) is 5.92 Å². The van der Waals surface area contributed by atoms with Crippen molar-refractivity contribution >= 4 is 21.9 Å². The highest BCUT2D eigenvalue weighted by molar-refractivity contribution is 9.10. The van der Waals surface area contributed by atoms with Gasteiger partial charge in [0.15, 0.2) is 0 Å². The molecule has 0 fully saturated rings. The Labute approximate surface area is 158 Å². The molecular weight excluding hydrogens is 380 g/mol. The van der Waals surface area contributed by atoms with Crippen molar-refractivity contribution in [2.75, 3.05) is 6.61 Å². The number of ether oxygens (including phenoxy) is 2. The molecule has 134 valence electrons. The Bertz CT molecular complexity index is 665. The van der Waals surface area contributed by atoms with E-state index in [0.717, 1.165) is 36.3 Å². The summed E-state index contributed by atoms with van der Waals surface area (Å²) in [5.74, 6) is 1.42. The van der Waals surface area contributed by atoms with Gasteiger partial charge < -0.3 is 9.47 Å². The van der Waals surface area contributed by atoms with E-state index in [4.69, 9.17) is 9.47 Å². The van der Waals surface area contributed by atoms with Crippen molar-refractivity contribution in [3.63, 3.8) is 0 Å². The Hall–Kier alpha value is -1.81. The lowest BCUT2D eigenvalue weighted by molar-refractivity contribution is -0.134. The summed E-state index contributed by atoms with van der Waals surface area (Å²) in [6.07, 6.45) is 1.91. The van der Waals surface area contributed by atoms with E-state index in [0.29, 0.717) is 5.75 Å². The van der Waals surface area contributed by atoms with Gasteiger partial charge in [-0.15, -0.1) is 0 Å². The van der Waals surface area contributed by atoms with Crippen LogP contribution in [0.5, 0.6) is 11.5 Å². The van der Waals surface area contributed by atoms with Crippen LogP contribution in [0, 0.1) is 5.92 Å². The first-order chi connectivity index (χ1) is 12.0. The van der Waals surface area contributed by atoms with E-state index in [2.05, 4.69) is 29.8 Å². The highest BCUT2D eigenvalue weighted by atomic mass is 79.9. The quantitative estimate of drug-likeness (QED) is 0.314. The number of esters is 1. The Morgan fingerprint density at radius 1 is 0.960 bits per heavy atom. The third-order valence-corrected chi connectivity index (χ3v) is 5.38. The first kappa shape index (κ1) is 19.5. The summed E-state index contributed by atoms with van der Waals surface area (Å²) < 4.78 is 11.0. The second-order valence-electron chi connectivity index (χ2n) is 6.11. The summed E-state index contributed by atoms with van der Waals surface area (Å²) in [6.45, 7) is 6.89. The van der Waals surface area contributed by atoms with E-state index in [1.807, 2.05) is 55.5 Å². The van der Waals surface area contributed by atoms with Gasteiger partial charge in [-0.05, 0) is 47.7 Å². The lowest BCUT2D eigenvalue weighted by Crippen LogP contribution is -2.26. The van der Waals surface area contributed by atoms with Gasteiger partial charge in [-0.3, -0.25) is 4.79 Å². The largest absolute Gasteiger partial charge is 0.494 e. The second kappa shape index (κ2) is 9.62. The van der Waals surface area contributed by atoms with Crippen molar-refractivity contribution in [2.45, 2.75) is 38.4 Å². The minimum absolute atomic E-state index is 0.236. The van der Waals surface area contributed by atoms with Gasteiger partial charge in [0.1, 0.15) is 16.3 Å². The smallest absolute Gasteiger partial charge is 0.325 e. The predicted octanol–water partition coefficient (Wildman–Crippen LogP) is 5.86. The van der Waals surface area contributed by atoms with E-state index in [1.165, 1.54) is 0 Å². The molecule has 0 spiro atoms. The van der Waals surface area contributed by atoms with Crippen LogP contribution in [-0.2, 0) is 4.79 Å². The molecule has 0 aromatic heterocycles. The van der Waals surface area contributed by atoms with Crippen LogP contribution in [0.15, 0.2) is 48.5 Å². The fraction of sp³-hybridized carbons (Fsp3) is 0.381. The van der Waals surface area contributed by atoms with Crippen LogP contribution in [0.3, 0.4) is 0 Å². The zero-order valence-electron chi connectivity index (χ0n) is 15.0. The number of hydrogen-bond donors (Lipinski definition) is 0. The molecule has 0 saturated carbocycles. The molecule has 0 aliphatic carbocycles. The third kappa shape index (κ3) is 5.60. The van der Waals surface area contributed by atoms with Crippen LogP contribution in [0.1, 0.15) is 33.6 Å². The second-order valence-corrected chi connectivity index (χ2v) is 7.09. The summed E-state index contributed by atoms with van der Waals surface area (Å²) in [7, 11) is 0. The van der Waals surface area contributed by atoms with Gasteiger partial charge in [0, 0.05) is 0 Å². The van der Waals surface area contributed by atoms with Gasteiger partial charge in [0.25, 0.3) is 0 Å². The topological polar surface area (TPSA) is 35.5 Å². The monoisotopic (exact) mass is 404 g/mol. The van der Waals surface area contributed by atoms with Crippen molar-refractivity contribution in [3.8, 4) is 22.6 Å². The minimum Gasteiger partial charge on any atom is -0.494 e. The van der Waals surface area contributed by atoms with Gasteiger partial charge in [0.2, 0.25) is 0 Å². The lowest BCUT2D eigenvalue weighted by atomic mass is 10.1. The normalized spacial score (nSPS) is 13.1. The standard InChI is InChI=1S/C21H25BrO3/c1-4-14-24-18-10-6-16(7-11-18)17-8-12-19(13-9-17)25-21(23)20(22)15(3)5-2/h6-13,15,20H,4-5,14H2,1-3H3. The summed E-state index contributed by atoms with van der Waals surface area (Å²) in [6, 6.07) is 15.6. The Morgan fingerprint density at radius 2 is 1.48 bits per heavy atom. The zero-order chi connectivity index (χ0) is 18.2. The molecule has 2 unspecified atom stereocenters. The molecule has 0 aliphatic heterocycles. The number of alkyl halides is 1. The fourth-order valence-electron chi connectivity index (χ4n) is 2.29. The van der Waals surface area contributed by atoms with Crippen molar-refractivity contribution in [3.05, 3.63) is 48.5 Å². The average molecular weight is 405 g/mol. The Morgan fingerprint density at radius 3 is 1.96 bits per heavy atom. The Balaban J connectivity index is 2.01. The van der Waals surface area contributed by atoms with Crippen LogP contribution in [0.2, 0.25) is 0 Å². The van der Waals surface area contributed by atoms with E-state index in [9.17, 15) is 4.79 Å². The number of hydrogen-bond acceptors (Lipinski definition) is 3. The average Bonchev–Trinajstić information content (AvgIpc) is 2.66. The van der Waals surface area contributed by atoms with Crippen molar-refractivity contribution < 1.29 is 14.3 Å². The first-order valence-electron chi connectivity index (χ1n) is 8.74. The first-order valence-corrected chi connectivity index (χ1v) is 9.65. The molecule has 2 rings (SSSR count). The molecule has 3 nitrogen and oxygen atoms in total. The SMILES string of the molecule is CCCOc1ccc(-c2ccc(OC(=O)C(Br)C(C)CC)cc2)cc1. The third-order valence-electron chi connectivity index (χ3n) is 4.10. The highest BCUT2D eigenvalue weighted by Gasteiger charge is 2.22. The van der Waals surface area contributed by atoms with Gasteiger partial charge in [-0.2, -0.15) is 0 Å². The van der Waals surface area contributed by atoms with Crippen LogP contribution in [0.4, 0.5) is 0 Å². The number of carbonyl (C=O) groups is 1. The molecule has 0 amide bonds. The number of halogens is 1. The summed E-state index contributed by atoms with van der Waals surface area (Å²) >= 11 is 3.42. The maximum atomic E-state index is 12.1. The number of carbonyl (C=O) groups excluding carboxylic acids is 1. The van der Waals surface area contributed by atoms with Crippen LogP contribution >= 0.6 is 15.9 Å². The van der Waals surface area contributed by atoms with Gasteiger partial charge in [0.05, 0.1) is 6.61 Å². The maximum absolute atomic E-state index is 12.1. The number of rotatable bonds is 8. The summed E-state index contributed by atoms with van der Waals surface area (Å²) in [4.78, 5) is 11.8. The van der Waals surface area contributed by atoms with Crippen molar-refractivity contribution in [1.82, 2.24) is 0 Å². The molecule has 2 atom stereocenters. The maximum Gasteiger partial charge on any atom is 0.325 e. The molecule has 0 heterocycles. The molecule has 0 aliphatic rings. The summed E-state index contributed by atoms with van der Waals surface area (Å²) in [5, 5.41) is 0. The zero-order valence-corrected chi connectivity index (χ0v) is 16.6. The predicted molar refractivity (Wildman–Crippen MR) is 105 cm³/mol. The molecule has 2 aromatic rings. The molecule has 0 radical (unpaired) electrons. The lowest BCUT2D eigenvalue weighted by Gasteiger charge is -2.15. The summed E-state index contributed by atoms with van der Waals surface area (Å²) in [5.41, 5.74) is 2.17. The van der Waals surface area contributed by atoms with Crippen molar-refractivity contribution in [1.29, 1.82) is 0 Å². The molecule has 25 heavy (non-hydrogen) atoms. The molecule has 0 N–H and O–H groups in total. The van der Waals surface area contributed by atoms with Gasteiger partial charge in [-0.1, -0.05) is 67.4 Å². The molecule has 4 heteroatoms. The minimum atomic E-state index is -0.284.